The molecular formula is C23H31N7O. The second kappa shape index (κ2) is 8.53. The Hall–Kier alpha value is -3.16. The first-order valence-electron chi connectivity index (χ1n) is 11.0. The number of fused-ring (bicyclic) bond motifs is 1. The molecule has 0 bridgehead atoms. The molecule has 8 heteroatoms. The van der Waals surface area contributed by atoms with Gasteiger partial charge in [-0.3, -0.25) is 0 Å². The number of carbonyl (C=O) groups excluding carboxylic acids is 1. The highest BCUT2D eigenvalue weighted by Gasteiger charge is 2.26. The van der Waals surface area contributed by atoms with Crippen LogP contribution in [0.1, 0.15) is 37.2 Å². The summed E-state index contributed by atoms with van der Waals surface area (Å²) in [7, 11) is 0. The van der Waals surface area contributed by atoms with Gasteiger partial charge in [-0.05, 0) is 46.2 Å². The number of aryl methyl sites for hydroxylation is 3. The molecule has 2 aromatic heterocycles. The average Bonchev–Trinajstić information content (AvgIpc) is 3.12. The maximum Gasteiger partial charge on any atom is 0.317 e. The number of anilines is 1. The number of nitrogens with zero attached hydrogens (tertiary/aromatic N) is 6. The van der Waals surface area contributed by atoms with Gasteiger partial charge < -0.3 is 15.1 Å². The highest BCUT2D eigenvalue weighted by molar-refractivity contribution is 5.92. The number of hydrogen-bond acceptors (Lipinski definition) is 5. The summed E-state index contributed by atoms with van der Waals surface area (Å²) in [5, 5.41) is 18.0. The van der Waals surface area contributed by atoms with E-state index in [1.807, 2.05) is 23.4 Å². The van der Waals surface area contributed by atoms with Crippen LogP contribution in [0.25, 0.3) is 16.6 Å². The summed E-state index contributed by atoms with van der Waals surface area (Å²) < 4.78 is 1.97. The van der Waals surface area contributed by atoms with Crippen molar-refractivity contribution in [3.8, 4) is 5.69 Å². The minimum atomic E-state index is 0.00799. The van der Waals surface area contributed by atoms with Gasteiger partial charge in [0.1, 0.15) is 5.52 Å². The van der Waals surface area contributed by atoms with Crippen molar-refractivity contribution in [1.29, 1.82) is 0 Å². The van der Waals surface area contributed by atoms with Crippen molar-refractivity contribution < 1.29 is 4.79 Å². The van der Waals surface area contributed by atoms with Crippen LogP contribution in [0.2, 0.25) is 0 Å². The van der Waals surface area contributed by atoms with Crippen LogP contribution in [0.5, 0.6) is 0 Å². The zero-order valence-electron chi connectivity index (χ0n) is 19.0. The van der Waals surface area contributed by atoms with Gasteiger partial charge in [0.05, 0.1) is 22.5 Å². The van der Waals surface area contributed by atoms with Crippen LogP contribution in [-0.4, -0.2) is 63.1 Å². The molecule has 1 fully saturated rings. The van der Waals surface area contributed by atoms with E-state index in [4.69, 9.17) is 5.10 Å². The molecule has 0 unspecified atom stereocenters. The van der Waals surface area contributed by atoms with E-state index in [-0.39, 0.29) is 12.1 Å². The van der Waals surface area contributed by atoms with Crippen molar-refractivity contribution in [3.05, 3.63) is 41.2 Å². The quantitative estimate of drug-likeness (QED) is 0.699. The summed E-state index contributed by atoms with van der Waals surface area (Å²) in [4.78, 5) is 16.5. The molecule has 164 valence electrons. The van der Waals surface area contributed by atoms with Gasteiger partial charge in [0.25, 0.3) is 0 Å². The van der Waals surface area contributed by atoms with Gasteiger partial charge in [-0.1, -0.05) is 24.6 Å². The van der Waals surface area contributed by atoms with Gasteiger partial charge >= 0.3 is 6.03 Å². The molecule has 2 amide bonds. The minimum absolute atomic E-state index is 0.00799. The summed E-state index contributed by atoms with van der Waals surface area (Å²) in [5.41, 5.74) is 5.04. The van der Waals surface area contributed by atoms with Gasteiger partial charge in [0, 0.05) is 32.2 Å². The third-order valence-corrected chi connectivity index (χ3v) is 6.11. The molecule has 1 saturated heterocycles. The van der Waals surface area contributed by atoms with Crippen LogP contribution in [0.4, 0.5) is 10.6 Å². The molecule has 1 aliphatic heterocycles. The number of nitrogens with one attached hydrogen (secondary N) is 1. The van der Waals surface area contributed by atoms with E-state index >= 15 is 0 Å². The zero-order chi connectivity index (χ0) is 22.1. The van der Waals surface area contributed by atoms with Crippen LogP contribution in [0.3, 0.4) is 0 Å². The molecular weight excluding hydrogens is 390 g/mol. The SMILES string of the molecule is CC[C@H](C)NC(=O)N1CCN(c2nnc(C)c3c(C)n(-c4ccc(C)cc4)nc23)CC1. The van der Waals surface area contributed by atoms with Gasteiger partial charge in [-0.25, -0.2) is 9.48 Å². The van der Waals surface area contributed by atoms with Gasteiger partial charge in [-0.15, -0.1) is 5.10 Å². The van der Waals surface area contributed by atoms with E-state index in [9.17, 15) is 4.79 Å². The summed E-state index contributed by atoms with van der Waals surface area (Å²) >= 11 is 0. The maximum atomic E-state index is 12.4. The van der Waals surface area contributed by atoms with Crippen LogP contribution >= 0.6 is 0 Å². The Kier molecular flexibility index (Phi) is 5.80. The number of rotatable bonds is 4. The van der Waals surface area contributed by atoms with Gasteiger partial charge in [-0.2, -0.15) is 10.2 Å². The van der Waals surface area contributed by atoms with Crippen molar-refractivity contribution >= 4 is 22.8 Å². The Morgan fingerprint density at radius 1 is 1.06 bits per heavy atom. The molecule has 1 aliphatic rings. The molecule has 8 nitrogen and oxygen atoms in total. The highest BCUT2D eigenvalue weighted by Crippen LogP contribution is 2.29. The largest absolute Gasteiger partial charge is 0.350 e. The van der Waals surface area contributed by atoms with E-state index in [1.54, 1.807) is 0 Å². The number of carbonyl (C=O) groups is 1. The van der Waals surface area contributed by atoms with Gasteiger partial charge in [0.2, 0.25) is 0 Å². The molecule has 0 saturated carbocycles. The average molecular weight is 422 g/mol. The number of urea groups is 1. The van der Waals surface area contributed by atoms with E-state index < -0.39 is 0 Å². The van der Waals surface area contributed by atoms with Crippen molar-refractivity contribution in [2.45, 2.75) is 47.1 Å². The fourth-order valence-electron chi connectivity index (χ4n) is 3.99. The van der Waals surface area contributed by atoms with Crippen molar-refractivity contribution in [1.82, 2.24) is 30.2 Å². The summed E-state index contributed by atoms with van der Waals surface area (Å²) in [6, 6.07) is 8.54. The number of piperazine rings is 1. The van der Waals surface area contributed by atoms with Crippen LogP contribution in [-0.2, 0) is 0 Å². The van der Waals surface area contributed by atoms with Crippen LogP contribution in [0.15, 0.2) is 24.3 Å². The zero-order valence-corrected chi connectivity index (χ0v) is 19.0. The number of benzene rings is 1. The lowest BCUT2D eigenvalue weighted by molar-refractivity contribution is 0.190. The Morgan fingerprint density at radius 3 is 2.39 bits per heavy atom. The molecule has 3 aromatic rings. The highest BCUT2D eigenvalue weighted by atomic mass is 16.2. The standard InChI is InChI=1S/C23H31N7O/c1-6-16(3)24-23(31)29-13-11-28(12-14-29)22-21-20(17(4)25-26-22)18(5)30(27-21)19-9-7-15(2)8-10-19/h7-10,16H,6,11-14H2,1-5H3,(H,24,31)/t16-/m0/s1. The normalized spacial score (nSPS) is 15.4. The second-order valence-electron chi connectivity index (χ2n) is 8.40. The fraction of sp³-hybridized carbons (Fsp3) is 0.478. The van der Waals surface area contributed by atoms with Crippen LogP contribution < -0.4 is 10.2 Å². The molecule has 31 heavy (non-hydrogen) atoms. The number of amides is 2. The van der Waals surface area contributed by atoms with Gasteiger partial charge in [0.15, 0.2) is 5.82 Å². The molecule has 0 radical (unpaired) electrons. The van der Waals surface area contributed by atoms with Crippen molar-refractivity contribution in [2.75, 3.05) is 31.1 Å². The monoisotopic (exact) mass is 421 g/mol. The third-order valence-electron chi connectivity index (χ3n) is 6.11. The first-order valence-corrected chi connectivity index (χ1v) is 11.0. The number of aromatic nitrogens is 4. The second-order valence-corrected chi connectivity index (χ2v) is 8.40. The topological polar surface area (TPSA) is 79.2 Å². The van der Waals surface area contributed by atoms with E-state index in [1.165, 1.54) is 5.56 Å². The molecule has 1 N–H and O–H groups in total. The van der Waals surface area contributed by atoms with E-state index in [0.717, 1.165) is 40.2 Å². The summed E-state index contributed by atoms with van der Waals surface area (Å²) in [6.45, 7) is 12.9. The van der Waals surface area contributed by atoms with Crippen molar-refractivity contribution in [2.24, 2.45) is 0 Å². The summed E-state index contributed by atoms with van der Waals surface area (Å²) in [5.74, 6) is 0.788. The lowest BCUT2D eigenvalue weighted by Gasteiger charge is -2.35. The third kappa shape index (κ3) is 4.06. The Morgan fingerprint density at radius 2 is 1.74 bits per heavy atom. The molecule has 1 aromatic carbocycles. The maximum absolute atomic E-state index is 12.4. The molecule has 4 rings (SSSR count). The first-order chi connectivity index (χ1) is 14.9. The van der Waals surface area contributed by atoms with E-state index in [0.29, 0.717) is 26.2 Å². The Balaban J connectivity index is 1.61. The minimum Gasteiger partial charge on any atom is -0.350 e. The molecule has 1 atom stereocenters. The lowest BCUT2D eigenvalue weighted by atomic mass is 10.2. The van der Waals surface area contributed by atoms with Crippen molar-refractivity contribution in [3.63, 3.8) is 0 Å². The number of hydrogen-bond donors (Lipinski definition) is 1. The lowest BCUT2D eigenvalue weighted by Crippen LogP contribution is -2.53. The first kappa shape index (κ1) is 21.1. The van der Waals surface area contributed by atoms with E-state index in [2.05, 4.69) is 65.5 Å². The Labute approximate surface area is 183 Å². The fourth-order valence-corrected chi connectivity index (χ4v) is 3.99. The molecule has 0 spiro atoms. The predicted octanol–water partition coefficient (Wildman–Crippen LogP) is 3.37. The van der Waals surface area contributed by atoms with Crippen LogP contribution in [0, 0.1) is 20.8 Å². The smallest absolute Gasteiger partial charge is 0.317 e. The summed E-state index contributed by atoms with van der Waals surface area (Å²) in [6.07, 6.45) is 0.922. The predicted molar refractivity (Wildman–Crippen MR) is 123 cm³/mol. The molecule has 3 heterocycles. The Bertz CT molecular complexity index is 1080. The molecule has 0 aliphatic carbocycles.